The molecule has 2 N–H and O–H groups in total. The molecule has 0 atom stereocenters. The van der Waals surface area contributed by atoms with Crippen molar-refractivity contribution < 1.29 is 4.79 Å². The zero-order chi connectivity index (χ0) is 12.6. The molecule has 2 rings (SSSR count). The van der Waals surface area contributed by atoms with E-state index in [0.717, 1.165) is 16.6 Å². The second-order valence-electron chi connectivity index (χ2n) is 5.46. The van der Waals surface area contributed by atoms with Crippen LogP contribution in [0.2, 0.25) is 0 Å². The average molecular weight is 230 g/mol. The van der Waals surface area contributed by atoms with Gasteiger partial charge in [0.05, 0.1) is 0 Å². The van der Waals surface area contributed by atoms with E-state index in [4.69, 9.17) is 0 Å². The van der Waals surface area contributed by atoms with Crippen molar-refractivity contribution in [2.75, 3.05) is 0 Å². The first-order valence-corrected chi connectivity index (χ1v) is 5.77. The van der Waals surface area contributed by atoms with Gasteiger partial charge in [-0.3, -0.25) is 4.79 Å². The van der Waals surface area contributed by atoms with Crippen LogP contribution in [0.4, 0.5) is 0 Å². The molecule has 0 bridgehead atoms. The summed E-state index contributed by atoms with van der Waals surface area (Å²) >= 11 is 0. The van der Waals surface area contributed by atoms with Gasteiger partial charge >= 0.3 is 0 Å². The van der Waals surface area contributed by atoms with Crippen LogP contribution in [0.5, 0.6) is 0 Å². The van der Waals surface area contributed by atoms with Crippen molar-refractivity contribution >= 4 is 16.8 Å². The summed E-state index contributed by atoms with van der Waals surface area (Å²) in [5.74, 6) is -0.0294. The highest BCUT2D eigenvalue weighted by Crippen LogP contribution is 2.17. The Labute approximate surface area is 101 Å². The molecule has 0 saturated heterocycles. The molecule has 0 aliphatic rings. The van der Waals surface area contributed by atoms with Crippen molar-refractivity contribution in [2.45, 2.75) is 33.2 Å². The van der Waals surface area contributed by atoms with Crippen molar-refractivity contribution in [2.24, 2.45) is 0 Å². The predicted molar refractivity (Wildman–Crippen MR) is 70.3 cm³/mol. The summed E-state index contributed by atoms with van der Waals surface area (Å²) in [6.45, 7) is 7.94. The number of benzene rings is 1. The Morgan fingerprint density at radius 3 is 2.59 bits per heavy atom. The van der Waals surface area contributed by atoms with Crippen LogP contribution in [0.1, 0.15) is 36.8 Å². The maximum absolute atomic E-state index is 12.0. The third-order valence-corrected chi connectivity index (χ3v) is 2.51. The van der Waals surface area contributed by atoms with Crippen LogP contribution in [0.15, 0.2) is 24.3 Å². The molecule has 2 aromatic rings. The van der Waals surface area contributed by atoms with E-state index in [1.54, 1.807) is 0 Å². The van der Waals surface area contributed by atoms with Gasteiger partial charge in [0, 0.05) is 27.7 Å². The number of rotatable bonds is 1. The Morgan fingerprint density at radius 2 is 1.94 bits per heavy atom. The van der Waals surface area contributed by atoms with Gasteiger partial charge in [0.2, 0.25) is 0 Å². The van der Waals surface area contributed by atoms with Crippen LogP contribution >= 0.6 is 0 Å². The van der Waals surface area contributed by atoms with Gasteiger partial charge in [0.1, 0.15) is 0 Å². The second-order valence-corrected chi connectivity index (χ2v) is 5.46. The molecule has 1 aromatic heterocycles. The molecule has 3 nitrogen and oxygen atoms in total. The molecule has 3 heteroatoms. The van der Waals surface area contributed by atoms with Crippen LogP contribution < -0.4 is 5.32 Å². The van der Waals surface area contributed by atoms with Crippen molar-refractivity contribution in [3.63, 3.8) is 0 Å². The summed E-state index contributed by atoms with van der Waals surface area (Å²) in [6.07, 6.45) is 0. The summed E-state index contributed by atoms with van der Waals surface area (Å²) in [4.78, 5) is 15.2. The first-order valence-electron chi connectivity index (χ1n) is 5.77. The van der Waals surface area contributed by atoms with Crippen molar-refractivity contribution in [1.29, 1.82) is 0 Å². The summed E-state index contributed by atoms with van der Waals surface area (Å²) in [7, 11) is 0. The van der Waals surface area contributed by atoms with Crippen molar-refractivity contribution in [1.82, 2.24) is 10.3 Å². The highest BCUT2D eigenvalue weighted by Gasteiger charge is 2.15. The van der Waals surface area contributed by atoms with E-state index < -0.39 is 0 Å². The first-order chi connectivity index (χ1) is 7.85. The number of H-pyrrole nitrogens is 1. The fourth-order valence-corrected chi connectivity index (χ4v) is 1.83. The van der Waals surface area contributed by atoms with Gasteiger partial charge in [-0.05, 0) is 52.0 Å². The van der Waals surface area contributed by atoms with Gasteiger partial charge in [-0.25, -0.2) is 0 Å². The van der Waals surface area contributed by atoms with E-state index in [9.17, 15) is 4.79 Å². The zero-order valence-corrected chi connectivity index (χ0v) is 10.7. The summed E-state index contributed by atoms with van der Waals surface area (Å²) < 4.78 is 0. The number of hydrogen-bond donors (Lipinski definition) is 2. The highest BCUT2D eigenvalue weighted by molar-refractivity contribution is 5.98. The molecule has 0 aliphatic carbocycles. The van der Waals surface area contributed by atoms with Gasteiger partial charge in [-0.2, -0.15) is 0 Å². The lowest BCUT2D eigenvalue weighted by atomic mass is 10.1. The molecular weight excluding hydrogens is 212 g/mol. The number of carbonyl (C=O) groups excluding carboxylic acids is 1. The molecule has 0 unspecified atom stereocenters. The molecule has 1 heterocycles. The predicted octanol–water partition coefficient (Wildman–Crippen LogP) is 3.00. The fourth-order valence-electron chi connectivity index (χ4n) is 1.83. The Bertz CT molecular complexity index is 561. The van der Waals surface area contributed by atoms with Gasteiger partial charge in [0.25, 0.3) is 5.91 Å². The van der Waals surface area contributed by atoms with E-state index in [-0.39, 0.29) is 11.4 Å². The first kappa shape index (κ1) is 11.7. The second kappa shape index (κ2) is 3.91. The SMILES string of the molecule is Cc1cc2cc(C(=O)NC(C)(C)C)ccc2[nH]1. The quantitative estimate of drug-likeness (QED) is 0.777. The third kappa shape index (κ3) is 2.67. The van der Waals surface area contributed by atoms with Gasteiger partial charge in [0.15, 0.2) is 0 Å². The number of amides is 1. The van der Waals surface area contributed by atoms with Gasteiger partial charge < -0.3 is 10.3 Å². The van der Waals surface area contributed by atoms with E-state index >= 15 is 0 Å². The normalized spacial score (nSPS) is 11.8. The number of hydrogen-bond acceptors (Lipinski definition) is 1. The number of fused-ring (bicyclic) bond motifs is 1. The number of aromatic amines is 1. The standard InChI is InChI=1S/C14H18N2O/c1-9-7-11-8-10(5-6-12(11)15-9)13(17)16-14(2,3)4/h5-8,15H,1-4H3,(H,16,17). The molecule has 0 spiro atoms. The summed E-state index contributed by atoms with van der Waals surface area (Å²) in [5, 5.41) is 4.03. The maximum Gasteiger partial charge on any atom is 0.251 e. The lowest BCUT2D eigenvalue weighted by molar-refractivity contribution is 0.0919. The smallest absolute Gasteiger partial charge is 0.251 e. The van der Waals surface area contributed by atoms with Crippen molar-refractivity contribution in [3.05, 3.63) is 35.5 Å². The van der Waals surface area contributed by atoms with Crippen LogP contribution in [0.3, 0.4) is 0 Å². The number of nitrogens with one attached hydrogen (secondary N) is 2. The number of carbonyl (C=O) groups is 1. The topological polar surface area (TPSA) is 44.9 Å². The van der Waals surface area contributed by atoms with E-state index in [0.29, 0.717) is 5.56 Å². The Kier molecular flexibility index (Phi) is 2.69. The fraction of sp³-hybridized carbons (Fsp3) is 0.357. The maximum atomic E-state index is 12.0. The Hall–Kier alpha value is -1.77. The molecule has 1 amide bonds. The van der Waals surface area contributed by atoms with Crippen LogP contribution in [-0.4, -0.2) is 16.4 Å². The molecule has 17 heavy (non-hydrogen) atoms. The zero-order valence-electron chi connectivity index (χ0n) is 10.7. The largest absolute Gasteiger partial charge is 0.359 e. The number of aromatic nitrogens is 1. The lowest BCUT2D eigenvalue weighted by Gasteiger charge is -2.20. The Balaban J connectivity index is 2.33. The summed E-state index contributed by atoms with van der Waals surface area (Å²) in [5.41, 5.74) is 2.66. The van der Waals surface area contributed by atoms with Gasteiger partial charge in [-0.1, -0.05) is 0 Å². The summed E-state index contributed by atoms with van der Waals surface area (Å²) in [6, 6.07) is 7.75. The van der Waals surface area contributed by atoms with Crippen molar-refractivity contribution in [3.8, 4) is 0 Å². The monoisotopic (exact) mass is 230 g/mol. The van der Waals surface area contributed by atoms with Crippen LogP contribution in [-0.2, 0) is 0 Å². The molecular formula is C14H18N2O. The molecule has 1 aromatic carbocycles. The number of aryl methyl sites for hydroxylation is 1. The lowest BCUT2D eigenvalue weighted by Crippen LogP contribution is -2.40. The highest BCUT2D eigenvalue weighted by atomic mass is 16.1. The minimum atomic E-state index is -0.208. The molecule has 90 valence electrons. The third-order valence-electron chi connectivity index (χ3n) is 2.51. The molecule has 0 radical (unpaired) electrons. The minimum absolute atomic E-state index is 0.0294. The molecule has 0 saturated carbocycles. The minimum Gasteiger partial charge on any atom is -0.359 e. The van der Waals surface area contributed by atoms with E-state index in [1.165, 1.54) is 0 Å². The Morgan fingerprint density at radius 1 is 1.24 bits per heavy atom. The molecule has 0 fully saturated rings. The van der Waals surface area contributed by atoms with E-state index in [2.05, 4.69) is 10.3 Å². The van der Waals surface area contributed by atoms with E-state index in [1.807, 2.05) is 52.0 Å². The van der Waals surface area contributed by atoms with Crippen LogP contribution in [0.25, 0.3) is 10.9 Å². The molecule has 0 aliphatic heterocycles. The van der Waals surface area contributed by atoms with Crippen LogP contribution in [0, 0.1) is 6.92 Å². The average Bonchev–Trinajstić information content (AvgIpc) is 2.53. The van der Waals surface area contributed by atoms with Gasteiger partial charge in [-0.15, -0.1) is 0 Å².